The van der Waals surface area contributed by atoms with Crippen LogP contribution < -0.4 is 0 Å². The van der Waals surface area contributed by atoms with Gasteiger partial charge in [0, 0.05) is 5.56 Å². The van der Waals surface area contributed by atoms with Gasteiger partial charge in [-0.25, -0.2) is 4.79 Å². The fraction of sp³-hybridized carbons (Fsp3) is 0.100. The topological polar surface area (TPSA) is 78.9 Å². The lowest BCUT2D eigenvalue weighted by molar-refractivity contribution is -0.137. The van der Waals surface area contributed by atoms with E-state index in [-0.39, 0.29) is 17.0 Å². The van der Waals surface area contributed by atoms with E-state index in [0.717, 1.165) is 24.3 Å². The molecule has 2 rings (SSSR count). The predicted molar refractivity (Wildman–Crippen MR) is 53.8 cm³/mol. The summed E-state index contributed by atoms with van der Waals surface area (Å²) < 4.78 is 37.0. The van der Waals surface area contributed by atoms with Crippen molar-refractivity contribution in [1.82, 2.24) is 15.4 Å². The molecule has 0 saturated carbocycles. The first kappa shape index (κ1) is 12.1. The molecule has 0 amide bonds. The molecule has 1 aromatic carbocycles. The van der Waals surface area contributed by atoms with E-state index in [2.05, 4.69) is 15.4 Å². The molecule has 0 bridgehead atoms. The van der Waals surface area contributed by atoms with Crippen molar-refractivity contribution in [2.24, 2.45) is 0 Å². The summed E-state index contributed by atoms with van der Waals surface area (Å²) >= 11 is 0. The fourth-order valence-electron chi connectivity index (χ4n) is 1.40. The molecule has 0 fully saturated rings. The van der Waals surface area contributed by atoms with Crippen molar-refractivity contribution in [2.45, 2.75) is 6.18 Å². The highest BCUT2D eigenvalue weighted by Crippen LogP contribution is 2.30. The van der Waals surface area contributed by atoms with Crippen molar-refractivity contribution in [3.8, 4) is 11.3 Å². The number of aromatic nitrogens is 3. The minimum absolute atomic E-state index is 0.00350. The number of nitrogens with zero attached hydrogens (tertiary/aromatic N) is 2. The zero-order valence-electron chi connectivity index (χ0n) is 8.69. The standard InChI is InChI=1S/C10H6F3N3O2/c11-10(12,13)6-3-1-5(2-4-6)7-8(9(17)18)15-16-14-7/h1-4H,(H,17,18)(H,14,15,16). The predicted octanol–water partition coefficient (Wildman–Crippen LogP) is 2.19. The first-order chi connectivity index (χ1) is 8.39. The van der Waals surface area contributed by atoms with Gasteiger partial charge in [0.25, 0.3) is 0 Å². The van der Waals surface area contributed by atoms with Crippen molar-refractivity contribution in [3.63, 3.8) is 0 Å². The summed E-state index contributed by atoms with van der Waals surface area (Å²) in [6.07, 6.45) is -4.43. The van der Waals surface area contributed by atoms with Gasteiger partial charge in [0.15, 0.2) is 5.69 Å². The summed E-state index contributed by atoms with van der Waals surface area (Å²) in [7, 11) is 0. The van der Waals surface area contributed by atoms with Gasteiger partial charge in [-0.15, -0.1) is 5.10 Å². The number of hydrogen-bond donors (Lipinski definition) is 2. The van der Waals surface area contributed by atoms with E-state index in [4.69, 9.17) is 5.11 Å². The van der Waals surface area contributed by atoms with Crippen molar-refractivity contribution in [3.05, 3.63) is 35.5 Å². The van der Waals surface area contributed by atoms with Crippen LogP contribution in [0.3, 0.4) is 0 Å². The Morgan fingerprint density at radius 2 is 1.78 bits per heavy atom. The van der Waals surface area contributed by atoms with Crippen molar-refractivity contribution < 1.29 is 23.1 Å². The number of hydrogen-bond acceptors (Lipinski definition) is 3. The summed E-state index contributed by atoms with van der Waals surface area (Å²) in [5, 5.41) is 17.9. The number of nitrogens with one attached hydrogen (secondary N) is 1. The SMILES string of the molecule is O=C(O)c1n[nH]nc1-c1ccc(C(F)(F)F)cc1. The number of carboxylic acid groups (broad SMARTS) is 1. The fourth-order valence-corrected chi connectivity index (χ4v) is 1.40. The molecule has 0 unspecified atom stereocenters. The third kappa shape index (κ3) is 2.17. The van der Waals surface area contributed by atoms with E-state index < -0.39 is 17.7 Å². The van der Waals surface area contributed by atoms with Gasteiger partial charge in [0.1, 0.15) is 5.69 Å². The first-order valence-electron chi connectivity index (χ1n) is 4.71. The lowest BCUT2D eigenvalue weighted by Gasteiger charge is -2.06. The molecule has 0 spiro atoms. The molecular weight excluding hydrogens is 251 g/mol. The van der Waals surface area contributed by atoms with Crippen molar-refractivity contribution in [2.75, 3.05) is 0 Å². The lowest BCUT2D eigenvalue weighted by atomic mass is 10.1. The van der Waals surface area contributed by atoms with Crippen LogP contribution >= 0.6 is 0 Å². The highest BCUT2D eigenvalue weighted by molar-refractivity contribution is 5.92. The van der Waals surface area contributed by atoms with Gasteiger partial charge < -0.3 is 5.11 Å². The summed E-state index contributed by atoms with van der Waals surface area (Å²) in [5.74, 6) is -1.31. The van der Waals surface area contributed by atoms with Crippen molar-refractivity contribution in [1.29, 1.82) is 0 Å². The summed E-state index contributed by atoms with van der Waals surface area (Å²) in [6.45, 7) is 0. The van der Waals surface area contributed by atoms with E-state index >= 15 is 0 Å². The van der Waals surface area contributed by atoms with Crippen LogP contribution in [0.4, 0.5) is 13.2 Å². The summed E-state index contributed by atoms with van der Waals surface area (Å²) in [4.78, 5) is 10.8. The molecule has 2 aromatic rings. The number of alkyl halides is 3. The normalized spacial score (nSPS) is 11.5. The van der Waals surface area contributed by atoms with E-state index in [1.54, 1.807) is 0 Å². The molecule has 1 aromatic heterocycles. The number of rotatable bonds is 2. The Labute approximate surface area is 98.3 Å². The third-order valence-electron chi connectivity index (χ3n) is 2.24. The van der Waals surface area contributed by atoms with Gasteiger partial charge in [-0.2, -0.15) is 23.5 Å². The zero-order valence-corrected chi connectivity index (χ0v) is 8.69. The molecule has 0 radical (unpaired) electrons. The van der Waals surface area contributed by atoms with Gasteiger partial charge in [0.2, 0.25) is 0 Å². The molecule has 5 nitrogen and oxygen atoms in total. The van der Waals surface area contributed by atoms with Crippen LogP contribution in [0.2, 0.25) is 0 Å². The van der Waals surface area contributed by atoms with Crippen LogP contribution in [-0.4, -0.2) is 26.5 Å². The Morgan fingerprint density at radius 1 is 1.17 bits per heavy atom. The maximum atomic E-state index is 12.3. The van der Waals surface area contributed by atoms with Gasteiger partial charge >= 0.3 is 12.1 Å². The van der Waals surface area contributed by atoms with Crippen LogP contribution in [-0.2, 0) is 6.18 Å². The molecular formula is C10H6F3N3O2. The second-order valence-corrected chi connectivity index (χ2v) is 3.40. The second-order valence-electron chi connectivity index (χ2n) is 3.40. The minimum atomic E-state index is -4.43. The highest BCUT2D eigenvalue weighted by Gasteiger charge is 2.30. The van der Waals surface area contributed by atoms with Gasteiger partial charge in [-0.05, 0) is 12.1 Å². The van der Waals surface area contributed by atoms with Crippen LogP contribution in [0.1, 0.15) is 16.1 Å². The molecule has 0 atom stereocenters. The second kappa shape index (κ2) is 4.13. The van der Waals surface area contributed by atoms with E-state index in [1.807, 2.05) is 0 Å². The highest BCUT2D eigenvalue weighted by atomic mass is 19.4. The number of carbonyl (C=O) groups is 1. The smallest absolute Gasteiger partial charge is 0.416 e. The molecule has 94 valence electrons. The Morgan fingerprint density at radius 3 is 2.28 bits per heavy atom. The summed E-state index contributed by atoms with van der Waals surface area (Å²) in [5.41, 5.74) is -0.910. The van der Waals surface area contributed by atoms with Gasteiger partial charge in [-0.3, -0.25) is 0 Å². The minimum Gasteiger partial charge on any atom is -0.476 e. The molecule has 0 saturated heterocycles. The first-order valence-corrected chi connectivity index (χ1v) is 4.71. The van der Waals surface area contributed by atoms with Crippen molar-refractivity contribution >= 4 is 5.97 Å². The quantitative estimate of drug-likeness (QED) is 0.864. The number of halogens is 3. The number of benzene rings is 1. The van der Waals surface area contributed by atoms with Crippen LogP contribution in [0.5, 0.6) is 0 Å². The number of aromatic amines is 1. The van der Waals surface area contributed by atoms with Crippen LogP contribution in [0.15, 0.2) is 24.3 Å². The van der Waals surface area contributed by atoms with E-state index in [0.29, 0.717) is 0 Å². The molecule has 0 aliphatic carbocycles. The Balaban J connectivity index is 2.41. The number of carboxylic acids is 1. The van der Waals surface area contributed by atoms with E-state index in [1.165, 1.54) is 0 Å². The monoisotopic (exact) mass is 257 g/mol. The largest absolute Gasteiger partial charge is 0.476 e. The van der Waals surface area contributed by atoms with Crippen LogP contribution in [0.25, 0.3) is 11.3 Å². The maximum absolute atomic E-state index is 12.3. The van der Waals surface area contributed by atoms with Gasteiger partial charge in [0.05, 0.1) is 5.56 Å². The van der Waals surface area contributed by atoms with Gasteiger partial charge in [-0.1, -0.05) is 12.1 Å². The number of aromatic carboxylic acids is 1. The number of H-pyrrole nitrogens is 1. The molecule has 18 heavy (non-hydrogen) atoms. The third-order valence-corrected chi connectivity index (χ3v) is 2.24. The Kier molecular flexibility index (Phi) is 2.77. The molecule has 2 N–H and O–H groups in total. The molecule has 8 heteroatoms. The Bertz CT molecular complexity index is 575. The molecule has 0 aliphatic heterocycles. The molecule has 0 aliphatic rings. The average Bonchev–Trinajstić information content (AvgIpc) is 2.77. The van der Waals surface area contributed by atoms with E-state index in [9.17, 15) is 18.0 Å². The summed E-state index contributed by atoms with van der Waals surface area (Å²) in [6, 6.07) is 4.01. The Hall–Kier alpha value is -2.38. The maximum Gasteiger partial charge on any atom is 0.416 e. The molecule has 1 heterocycles. The lowest BCUT2D eigenvalue weighted by Crippen LogP contribution is -2.04. The zero-order chi connectivity index (χ0) is 13.3. The average molecular weight is 257 g/mol. The van der Waals surface area contributed by atoms with Crippen LogP contribution in [0, 0.1) is 0 Å².